The number of hydrogen-bond donors (Lipinski definition) is 0. The van der Waals surface area contributed by atoms with Crippen molar-refractivity contribution in [2.45, 2.75) is 33.8 Å². The first-order chi connectivity index (χ1) is 17.6. The van der Waals surface area contributed by atoms with Crippen molar-refractivity contribution in [2.24, 2.45) is 0 Å². The van der Waals surface area contributed by atoms with Crippen LogP contribution < -0.4 is 9.47 Å². The van der Waals surface area contributed by atoms with Gasteiger partial charge in [0.25, 0.3) is 0 Å². The van der Waals surface area contributed by atoms with E-state index in [0.717, 1.165) is 21.9 Å². The van der Waals surface area contributed by atoms with Crippen LogP contribution in [0.25, 0.3) is 16.8 Å². The highest BCUT2D eigenvalue weighted by molar-refractivity contribution is 5.96. The number of rotatable bonds is 10. The highest BCUT2D eigenvalue weighted by Gasteiger charge is 2.12. The van der Waals surface area contributed by atoms with Gasteiger partial charge in [0.15, 0.2) is 5.78 Å². The number of fused-ring (bicyclic) bond motifs is 1. The van der Waals surface area contributed by atoms with Gasteiger partial charge in [-0.05, 0) is 78.6 Å². The molecule has 0 saturated carbocycles. The lowest BCUT2D eigenvalue weighted by atomic mass is 10.0. The molecule has 3 aromatic carbocycles. The predicted octanol–water partition coefficient (Wildman–Crippen LogP) is 6.16. The van der Waals surface area contributed by atoms with Crippen molar-refractivity contribution >= 4 is 34.6 Å². The van der Waals surface area contributed by atoms with Gasteiger partial charge < -0.3 is 14.2 Å². The largest absolute Gasteiger partial charge is 0.496 e. The van der Waals surface area contributed by atoms with E-state index in [2.05, 4.69) is 13.2 Å². The Morgan fingerprint density at radius 2 is 1.49 bits per heavy atom. The van der Waals surface area contributed by atoms with Gasteiger partial charge in [-0.2, -0.15) is 0 Å². The number of methoxy groups -OCH3 is 1. The smallest absolute Gasteiger partial charge is 0.339 e. The number of benzene rings is 3. The summed E-state index contributed by atoms with van der Waals surface area (Å²) in [6.07, 6.45) is 1.92. The first kappa shape index (κ1) is 27.1. The number of carbonyl (C=O) groups excluding carboxylic acids is 3. The van der Waals surface area contributed by atoms with Gasteiger partial charge in [0.05, 0.1) is 7.11 Å². The van der Waals surface area contributed by atoms with Gasteiger partial charge in [-0.3, -0.25) is 4.79 Å². The van der Waals surface area contributed by atoms with Crippen LogP contribution in [0, 0.1) is 0 Å². The Bertz CT molecular complexity index is 1430. The fraction of sp³-hybridized carbons (Fsp3) is 0.194. The van der Waals surface area contributed by atoms with Gasteiger partial charge in [-0.25, -0.2) is 9.59 Å². The SMILES string of the molecule is C=C(C)C(=O)Cc1ccc(/C=C(\C)C(=O)Oc2ccc3cc(COC(=O)C(=C)C)ccc3c2)c(OC)c1. The maximum atomic E-state index is 12.8. The van der Waals surface area contributed by atoms with Crippen LogP contribution in [0.5, 0.6) is 11.5 Å². The number of carbonyl (C=O) groups is 3. The molecule has 6 heteroatoms. The summed E-state index contributed by atoms with van der Waals surface area (Å²) in [6, 6.07) is 16.4. The Kier molecular flexibility index (Phi) is 8.80. The lowest BCUT2D eigenvalue weighted by Gasteiger charge is -2.10. The van der Waals surface area contributed by atoms with Crippen molar-refractivity contribution in [1.29, 1.82) is 0 Å². The lowest BCUT2D eigenvalue weighted by molar-refractivity contribution is -0.140. The molecule has 0 spiro atoms. The predicted molar refractivity (Wildman–Crippen MR) is 144 cm³/mol. The van der Waals surface area contributed by atoms with Gasteiger partial charge in [-0.15, -0.1) is 0 Å². The third-order valence-electron chi connectivity index (χ3n) is 5.64. The fourth-order valence-electron chi connectivity index (χ4n) is 3.50. The summed E-state index contributed by atoms with van der Waals surface area (Å²) in [5, 5.41) is 1.80. The van der Waals surface area contributed by atoms with Crippen LogP contribution >= 0.6 is 0 Å². The van der Waals surface area contributed by atoms with Crippen LogP contribution in [0.4, 0.5) is 0 Å². The zero-order valence-corrected chi connectivity index (χ0v) is 21.6. The van der Waals surface area contributed by atoms with Gasteiger partial charge in [-0.1, -0.05) is 43.5 Å². The zero-order chi connectivity index (χ0) is 27.1. The van der Waals surface area contributed by atoms with E-state index in [9.17, 15) is 14.4 Å². The van der Waals surface area contributed by atoms with E-state index >= 15 is 0 Å². The summed E-state index contributed by atoms with van der Waals surface area (Å²) in [7, 11) is 1.54. The van der Waals surface area contributed by atoms with E-state index in [0.29, 0.717) is 33.8 Å². The molecule has 3 rings (SSSR count). The molecule has 190 valence electrons. The zero-order valence-electron chi connectivity index (χ0n) is 21.6. The van der Waals surface area contributed by atoms with Crippen LogP contribution in [-0.4, -0.2) is 24.8 Å². The number of ether oxygens (including phenoxy) is 3. The average molecular weight is 499 g/mol. The van der Waals surface area contributed by atoms with Gasteiger partial charge in [0.2, 0.25) is 0 Å². The molecule has 0 aliphatic carbocycles. The summed E-state index contributed by atoms with van der Waals surface area (Å²) in [5.74, 6) is -0.00616. The number of hydrogen-bond acceptors (Lipinski definition) is 6. The molecular weight excluding hydrogens is 468 g/mol. The second-order valence-corrected chi connectivity index (χ2v) is 8.87. The minimum Gasteiger partial charge on any atom is -0.496 e. The molecule has 0 unspecified atom stereocenters. The van der Waals surface area contributed by atoms with Gasteiger partial charge in [0, 0.05) is 23.1 Å². The topological polar surface area (TPSA) is 78.9 Å². The maximum absolute atomic E-state index is 12.8. The second kappa shape index (κ2) is 12.0. The van der Waals surface area contributed by atoms with Crippen LogP contribution in [-0.2, 0) is 32.1 Å². The Balaban J connectivity index is 1.71. The van der Waals surface area contributed by atoms with Crippen molar-refractivity contribution < 1.29 is 28.6 Å². The van der Waals surface area contributed by atoms with E-state index in [-0.39, 0.29) is 18.8 Å². The number of esters is 2. The van der Waals surface area contributed by atoms with Crippen LogP contribution in [0.2, 0.25) is 0 Å². The molecule has 0 radical (unpaired) electrons. The third-order valence-corrected chi connectivity index (χ3v) is 5.64. The molecule has 0 atom stereocenters. The second-order valence-electron chi connectivity index (χ2n) is 8.87. The number of ketones is 1. The Morgan fingerprint density at radius 1 is 0.811 bits per heavy atom. The first-order valence-electron chi connectivity index (χ1n) is 11.7. The standard InChI is InChI=1S/C31H30O6/c1-19(2)28(32)15-22-7-10-26(29(16-22)35-6)13-21(5)31(34)37-27-12-11-24-14-23(8-9-25(24)17-27)18-36-30(33)20(3)4/h7-14,16-17H,1,3,15,18H2,2,4-6H3/b21-13+. The maximum Gasteiger partial charge on any atom is 0.339 e. The lowest BCUT2D eigenvalue weighted by Crippen LogP contribution is -2.09. The van der Waals surface area contributed by atoms with E-state index in [4.69, 9.17) is 14.2 Å². The minimum atomic E-state index is -0.494. The normalized spacial score (nSPS) is 11.1. The van der Waals surface area contributed by atoms with Crippen molar-refractivity contribution in [1.82, 2.24) is 0 Å². The summed E-state index contributed by atoms with van der Waals surface area (Å²) in [5.41, 5.74) is 3.58. The monoisotopic (exact) mass is 498 g/mol. The molecule has 0 saturated heterocycles. The fourth-order valence-corrected chi connectivity index (χ4v) is 3.50. The van der Waals surface area contributed by atoms with E-state index in [1.807, 2.05) is 30.3 Å². The molecule has 0 heterocycles. The summed E-state index contributed by atoms with van der Waals surface area (Å²) >= 11 is 0. The minimum absolute atomic E-state index is 0.0390. The number of allylic oxidation sites excluding steroid dienone is 1. The first-order valence-corrected chi connectivity index (χ1v) is 11.7. The van der Waals surface area contributed by atoms with Gasteiger partial charge in [0.1, 0.15) is 18.1 Å². The quantitative estimate of drug-likeness (QED) is 0.189. The van der Waals surface area contributed by atoms with Crippen LogP contribution in [0.3, 0.4) is 0 Å². The molecule has 0 aliphatic heterocycles. The highest BCUT2D eigenvalue weighted by atomic mass is 16.5. The Labute approximate surface area is 216 Å². The van der Waals surface area contributed by atoms with E-state index < -0.39 is 11.9 Å². The molecule has 3 aromatic rings. The van der Waals surface area contributed by atoms with E-state index in [1.54, 1.807) is 51.1 Å². The Hall–Kier alpha value is -4.45. The van der Waals surface area contributed by atoms with Crippen molar-refractivity contribution in [2.75, 3.05) is 7.11 Å². The average Bonchev–Trinajstić information content (AvgIpc) is 2.87. The summed E-state index contributed by atoms with van der Waals surface area (Å²) < 4.78 is 16.2. The van der Waals surface area contributed by atoms with Crippen LogP contribution in [0.15, 0.2) is 84.5 Å². The highest BCUT2D eigenvalue weighted by Crippen LogP contribution is 2.26. The summed E-state index contributed by atoms with van der Waals surface area (Å²) in [4.78, 5) is 36.3. The van der Waals surface area contributed by atoms with E-state index in [1.165, 1.54) is 7.11 Å². The molecule has 0 N–H and O–H groups in total. The Morgan fingerprint density at radius 3 is 2.16 bits per heavy atom. The molecule has 0 fully saturated rings. The van der Waals surface area contributed by atoms with Crippen LogP contribution in [0.1, 0.15) is 37.5 Å². The van der Waals surface area contributed by atoms with Crippen molar-refractivity contribution in [3.05, 3.63) is 101 Å². The molecule has 0 aromatic heterocycles. The molecule has 0 bridgehead atoms. The van der Waals surface area contributed by atoms with Crippen molar-refractivity contribution in [3.8, 4) is 11.5 Å². The third kappa shape index (κ3) is 7.27. The van der Waals surface area contributed by atoms with Crippen molar-refractivity contribution in [3.63, 3.8) is 0 Å². The van der Waals surface area contributed by atoms with Gasteiger partial charge >= 0.3 is 11.9 Å². The molecule has 37 heavy (non-hydrogen) atoms. The number of Topliss-reactive ketones (excluding diaryl/α,β-unsaturated/α-hetero) is 1. The molecule has 6 nitrogen and oxygen atoms in total. The molecule has 0 aliphatic rings. The molecule has 0 amide bonds. The summed E-state index contributed by atoms with van der Waals surface area (Å²) in [6.45, 7) is 12.4. The molecular formula is C31H30O6.